The van der Waals surface area contributed by atoms with E-state index in [9.17, 15) is 0 Å². The third-order valence-electron chi connectivity index (χ3n) is 3.89. The summed E-state index contributed by atoms with van der Waals surface area (Å²) in [6.07, 6.45) is 1.64. The van der Waals surface area contributed by atoms with Gasteiger partial charge in [0.05, 0.1) is 5.39 Å². The summed E-state index contributed by atoms with van der Waals surface area (Å²) in [5, 5.41) is 6.78. The number of benzene rings is 1. The Balaban J connectivity index is 2.04. The van der Waals surface area contributed by atoms with Gasteiger partial charge in [-0.3, -0.25) is 0 Å². The van der Waals surface area contributed by atoms with Gasteiger partial charge in [0, 0.05) is 24.0 Å². The quantitative estimate of drug-likeness (QED) is 0.771. The molecule has 0 aliphatic heterocycles. The molecule has 1 N–H and O–H groups in total. The monoisotopic (exact) mass is 326 g/mol. The molecule has 0 bridgehead atoms. The number of aromatic nitrogens is 2. The Labute approximate surface area is 141 Å². The van der Waals surface area contributed by atoms with Crippen LogP contribution in [0.25, 0.3) is 21.3 Å². The van der Waals surface area contributed by atoms with Gasteiger partial charge in [-0.2, -0.15) is 0 Å². The van der Waals surface area contributed by atoms with Gasteiger partial charge in [-0.1, -0.05) is 23.8 Å². The molecule has 3 rings (SSSR count). The molecule has 0 unspecified atom stereocenters. The van der Waals surface area contributed by atoms with Gasteiger partial charge in [-0.05, 0) is 39.1 Å². The van der Waals surface area contributed by atoms with Crippen molar-refractivity contribution in [1.29, 1.82) is 0 Å². The van der Waals surface area contributed by atoms with E-state index in [0.29, 0.717) is 0 Å². The first-order valence-electron chi connectivity index (χ1n) is 7.74. The molecule has 0 radical (unpaired) electrons. The molecule has 120 valence electrons. The van der Waals surface area contributed by atoms with Crippen molar-refractivity contribution in [3.8, 4) is 11.1 Å². The molecule has 2 heterocycles. The maximum Gasteiger partial charge on any atom is 0.138 e. The summed E-state index contributed by atoms with van der Waals surface area (Å²) in [5.41, 5.74) is 5.04. The fourth-order valence-electron chi connectivity index (χ4n) is 2.72. The van der Waals surface area contributed by atoms with Crippen LogP contribution >= 0.6 is 11.3 Å². The molecule has 0 atom stereocenters. The summed E-state index contributed by atoms with van der Waals surface area (Å²) in [6.45, 7) is 6.12. The number of fused-ring (bicyclic) bond motifs is 1. The number of nitrogens with one attached hydrogen (secondary N) is 1. The third-order valence-corrected chi connectivity index (χ3v) is 4.78. The SMILES string of the molecule is Cc1ccc(-c2csc3ncnc(NCCN(C)C)c23)c(C)c1. The van der Waals surface area contributed by atoms with E-state index in [0.717, 1.165) is 29.1 Å². The van der Waals surface area contributed by atoms with Gasteiger partial charge in [0.15, 0.2) is 0 Å². The predicted octanol–water partition coefficient (Wildman–Crippen LogP) is 3.95. The van der Waals surface area contributed by atoms with Gasteiger partial charge >= 0.3 is 0 Å². The van der Waals surface area contributed by atoms with E-state index in [-0.39, 0.29) is 0 Å². The van der Waals surface area contributed by atoms with Crippen LogP contribution in [0.4, 0.5) is 5.82 Å². The molecule has 3 aromatic rings. The lowest BCUT2D eigenvalue weighted by atomic mass is 9.99. The minimum absolute atomic E-state index is 0.862. The van der Waals surface area contributed by atoms with Crippen molar-refractivity contribution in [2.45, 2.75) is 13.8 Å². The van der Waals surface area contributed by atoms with Gasteiger partial charge in [0.25, 0.3) is 0 Å². The van der Waals surface area contributed by atoms with E-state index in [2.05, 4.69) is 71.7 Å². The highest BCUT2D eigenvalue weighted by atomic mass is 32.1. The summed E-state index contributed by atoms with van der Waals surface area (Å²) >= 11 is 1.67. The first-order valence-corrected chi connectivity index (χ1v) is 8.62. The van der Waals surface area contributed by atoms with Crippen molar-refractivity contribution in [2.24, 2.45) is 0 Å². The molecule has 5 heteroatoms. The van der Waals surface area contributed by atoms with E-state index in [1.165, 1.54) is 22.3 Å². The van der Waals surface area contributed by atoms with Crippen LogP contribution in [0.2, 0.25) is 0 Å². The largest absolute Gasteiger partial charge is 0.368 e. The van der Waals surface area contributed by atoms with E-state index in [1.807, 2.05) is 0 Å². The maximum atomic E-state index is 4.48. The van der Waals surface area contributed by atoms with E-state index >= 15 is 0 Å². The maximum absolute atomic E-state index is 4.48. The predicted molar refractivity (Wildman–Crippen MR) is 99.4 cm³/mol. The van der Waals surface area contributed by atoms with Crippen LogP contribution in [0.5, 0.6) is 0 Å². The lowest BCUT2D eigenvalue weighted by molar-refractivity contribution is 0.425. The molecule has 1 aromatic carbocycles. The minimum atomic E-state index is 0.862. The summed E-state index contributed by atoms with van der Waals surface area (Å²) in [5.74, 6) is 0.924. The smallest absolute Gasteiger partial charge is 0.138 e. The van der Waals surface area contributed by atoms with Crippen molar-refractivity contribution in [3.05, 3.63) is 41.0 Å². The number of anilines is 1. The summed E-state index contributed by atoms with van der Waals surface area (Å²) in [6, 6.07) is 6.58. The second-order valence-corrected chi connectivity index (χ2v) is 6.96. The number of hydrogen-bond donors (Lipinski definition) is 1. The lowest BCUT2D eigenvalue weighted by Gasteiger charge is -2.12. The molecule has 4 nitrogen and oxygen atoms in total. The molecule has 0 fully saturated rings. The molecule has 0 amide bonds. The van der Waals surface area contributed by atoms with Crippen molar-refractivity contribution >= 4 is 27.4 Å². The Morgan fingerprint density at radius 2 is 1.96 bits per heavy atom. The van der Waals surface area contributed by atoms with Crippen LogP contribution in [0, 0.1) is 13.8 Å². The zero-order valence-electron chi connectivity index (χ0n) is 14.1. The Hall–Kier alpha value is -1.98. The van der Waals surface area contributed by atoms with E-state index in [1.54, 1.807) is 17.7 Å². The molecule has 0 spiro atoms. The molecule has 2 aromatic heterocycles. The Kier molecular flexibility index (Phi) is 4.59. The van der Waals surface area contributed by atoms with Crippen LogP contribution in [-0.2, 0) is 0 Å². The molecule has 0 saturated carbocycles. The van der Waals surface area contributed by atoms with Crippen molar-refractivity contribution in [1.82, 2.24) is 14.9 Å². The zero-order valence-corrected chi connectivity index (χ0v) is 14.9. The normalized spacial score (nSPS) is 11.3. The van der Waals surface area contributed by atoms with Crippen LogP contribution in [0.3, 0.4) is 0 Å². The van der Waals surface area contributed by atoms with Crippen LogP contribution < -0.4 is 5.32 Å². The highest BCUT2D eigenvalue weighted by Gasteiger charge is 2.14. The molecule has 0 aliphatic carbocycles. The number of hydrogen-bond acceptors (Lipinski definition) is 5. The standard InChI is InChI=1S/C18H22N4S/c1-12-5-6-14(13(2)9-12)15-10-23-18-16(15)17(20-11-21-18)19-7-8-22(3)4/h5-6,9-11H,7-8H2,1-4H3,(H,19,20,21). The van der Waals surface area contributed by atoms with Crippen molar-refractivity contribution in [2.75, 3.05) is 32.5 Å². The average Bonchev–Trinajstić information content (AvgIpc) is 2.92. The first kappa shape index (κ1) is 15.9. The van der Waals surface area contributed by atoms with Crippen LogP contribution in [-0.4, -0.2) is 42.1 Å². The highest BCUT2D eigenvalue weighted by molar-refractivity contribution is 7.17. The van der Waals surface area contributed by atoms with Crippen LogP contribution in [0.15, 0.2) is 29.9 Å². The molecular formula is C18H22N4S. The minimum Gasteiger partial charge on any atom is -0.368 e. The fraction of sp³-hybridized carbons (Fsp3) is 0.333. The molecule has 0 aliphatic rings. The van der Waals surface area contributed by atoms with Crippen molar-refractivity contribution < 1.29 is 0 Å². The molecule has 0 saturated heterocycles. The summed E-state index contributed by atoms with van der Waals surface area (Å²) in [4.78, 5) is 12.1. The summed E-state index contributed by atoms with van der Waals surface area (Å²) in [7, 11) is 4.14. The number of likely N-dealkylation sites (N-methyl/N-ethyl adjacent to an activating group) is 1. The lowest BCUT2D eigenvalue weighted by Crippen LogP contribution is -2.21. The van der Waals surface area contributed by atoms with Gasteiger partial charge < -0.3 is 10.2 Å². The fourth-order valence-corrected chi connectivity index (χ4v) is 3.63. The first-order chi connectivity index (χ1) is 11.1. The van der Waals surface area contributed by atoms with Gasteiger partial charge in [-0.15, -0.1) is 11.3 Å². The van der Waals surface area contributed by atoms with Gasteiger partial charge in [-0.25, -0.2) is 9.97 Å². The molecule has 23 heavy (non-hydrogen) atoms. The number of rotatable bonds is 5. The highest BCUT2D eigenvalue weighted by Crippen LogP contribution is 2.37. The molecular weight excluding hydrogens is 304 g/mol. The second kappa shape index (κ2) is 6.64. The van der Waals surface area contributed by atoms with E-state index in [4.69, 9.17) is 0 Å². The van der Waals surface area contributed by atoms with Gasteiger partial charge in [0.2, 0.25) is 0 Å². The third kappa shape index (κ3) is 3.35. The number of thiophene rings is 1. The van der Waals surface area contributed by atoms with E-state index < -0.39 is 0 Å². The van der Waals surface area contributed by atoms with Gasteiger partial charge in [0.1, 0.15) is 17.0 Å². The Morgan fingerprint density at radius 3 is 2.70 bits per heavy atom. The number of aryl methyl sites for hydroxylation is 2. The number of nitrogens with zero attached hydrogens (tertiary/aromatic N) is 3. The topological polar surface area (TPSA) is 41.1 Å². The van der Waals surface area contributed by atoms with Crippen molar-refractivity contribution in [3.63, 3.8) is 0 Å². The van der Waals surface area contributed by atoms with Crippen LogP contribution in [0.1, 0.15) is 11.1 Å². The zero-order chi connectivity index (χ0) is 16.4. The Bertz CT molecular complexity index is 823. The average molecular weight is 326 g/mol. The summed E-state index contributed by atoms with van der Waals surface area (Å²) < 4.78 is 0. The Morgan fingerprint density at radius 1 is 1.13 bits per heavy atom. The second-order valence-electron chi connectivity index (χ2n) is 6.10.